The molecule has 6 nitrogen and oxygen atoms in total. The molecule has 6 heteroatoms. The van der Waals surface area contributed by atoms with Gasteiger partial charge in [-0.3, -0.25) is 4.79 Å². The first-order valence-corrected chi connectivity index (χ1v) is 4.97. The van der Waals surface area contributed by atoms with Crippen molar-refractivity contribution >= 4 is 5.91 Å². The molecule has 1 aromatic rings. The van der Waals surface area contributed by atoms with Crippen LogP contribution < -0.4 is 10.5 Å². The van der Waals surface area contributed by atoms with E-state index in [1.54, 1.807) is 6.07 Å². The van der Waals surface area contributed by atoms with Gasteiger partial charge in [0.05, 0.1) is 19.6 Å². The monoisotopic (exact) mass is 241 g/mol. The van der Waals surface area contributed by atoms with Gasteiger partial charge < -0.3 is 25.8 Å². The van der Waals surface area contributed by atoms with Crippen molar-refractivity contribution in [3.05, 3.63) is 23.8 Å². The lowest BCUT2D eigenvalue weighted by Crippen LogP contribution is -2.25. The topological polar surface area (TPSA) is 113 Å². The number of primary amides is 1. The fourth-order valence-electron chi connectivity index (χ4n) is 1.47. The number of nitrogens with two attached hydrogens (primary N) is 1. The van der Waals surface area contributed by atoms with Crippen LogP contribution in [0.5, 0.6) is 11.5 Å². The van der Waals surface area contributed by atoms with Gasteiger partial charge in [-0.05, 0) is 6.07 Å². The lowest BCUT2D eigenvalue weighted by molar-refractivity contribution is -0.121. The molecule has 0 radical (unpaired) electrons. The third kappa shape index (κ3) is 3.08. The Kier molecular flexibility index (Phi) is 4.30. The van der Waals surface area contributed by atoms with Crippen molar-refractivity contribution in [2.75, 3.05) is 7.11 Å². The molecule has 0 aromatic heterocycles. The van der Waals surface area contributed by atoms with Crippen molar-refractivity contribution in [3.63, 3.8) is 0 Å². The maximum Gasteiger partial charge on any atom is 0.220 e. The fraction of sp³-hybridized carbons (Fsp3) is 0.364. The van der Waals surface area contributed by atoms with Crippen LogP contribution in [0, 0.1) is 0 Å². The number of aromatic hydroxyl groups is 1. The van der Waals surface area contributed by atoms with Gasteiger partial charge >= 0.3 is 0 Å². The predicted molar refractivity (Wildman–Crippen MR) is 59.4 cm³/mol. The first-order chi connectivity index (χ1) is 7.97. The summed E-state index contributed by atoms with van der Waals surface area (Å²) in [6, 6.07) is 4.48. The number of carbonyl (C=O) groups excluding carboxylic acids is 1. The first-order valence-electron chi connectivity index (χ1n) is 4.97. The smallest absolute Gasteiger partial charge is 0.220 e. The predicted octanol–water partition coefficient (Wildman–Crippen LogP) is -0.330. The number of rotatable bonds is 5. The molecule has 5 N–H and O–H groups in total. The van der Waals surface area contributed by atoms with E-state index in [0.29, 0.717) is 0 Å². The SMILES string of the molecule is COc1cccc(C(O)C(O)CC(N)=O)c1O. The second kappa shape index (κ2) is 5.51. The van der Waals surface area contributed by atoms with Crippen LogP contribution in [-0.4, -0.2) is 34.4 Å². The van der Waals surface area contributed by atoms with Crippen LogP contribution in [-0.2, 0) is 4.79 Å². The van der Waals surface area contributed by atoms with Gasteiger partial charge in [-0.15, -0.1) is 0 Å². The average molecular weight is 241 g/mol. The van der Waals surface area contributed by atoms with Crippen LogP contribution in [0.25, 0.3) is 0 Å². The van der Waals surface area contributed by atoms with Gasteiger partial charge in [-0.2, -0.15) is 0 Å². The quantitative estimate of drug-likeness (QED) is 0.563. The van der Waals surface area contributed by atoms with Crippen molar-refractivity contribution in [2.45, 2.75) is 18.6 Å². The van der Waals surface area contributed by atoms with E-state index in [4.69, 9.17) is 10.5 Å². The summed E-state index contributed by atoms with van der Waals surface area (Å²) in [5.41, 5.74) is 4.99. The number of benzene rings is 1. The zero-order chi connectivity index (χ0) is 13.0. The minimum atomic E-state index is -1.41. The maximum atomic E-state index is 10.6. The van der Waals surface area contributed by atoms with Crippen LogP contribution in [0.3, 0.4) is 0 Å². The van der Waals surface area contributed by atoms with E-state index in [1.165, 1.54) is 19.2 Å². The Balaban J connectivity index is 2.95. The van der Waals surface area contributed by atoms with Gasteiger partial charge in [0.15, 0.2) is 11.5 Å². The molecule has 0 aliphatic rings. The summed E-state index contributed by atoms with van der Waals surface area (Å²) in [7, 11) is 1.37. The zero-order valence-corrected chi connectivity index (χ0v) is 9.33. The molecule has 1 rings (SSSR count). The van der Waals surface area contributed by atoms with Crippen LogP contribution >= 0.6 is 0 Å². The molecule has 94 valence electrons. The molecule has 0 fully saturated rings. The molecule has 1 aromatic carbocycles. The maximum absolute atomic E-state index is 10.6. The molecule has 2 unspecified atom stereocenters. The summed E-state index contributed by atoms with van der Waals surface area (Å²) < 4.78 is 4.86. The van der Waals surface area contributed by atoms with E-state index < -0.39 is 24.5 Å². The Morgan fingerprint density at radius 3 is 2.65 bits per heavy atom. The van der Waals surface area contributed by atoms with Gasteiger partial charge in [0.2, 0.25) is 5.91 Å². The van der Waals surface area contributed by atoms with Gasteiger partial charge in [-0.1, -0.05) is 12.1 Å². The summed E-state index contributed by atoms with van der Waals surface area (Å²) in [5.74, 6) is -0.835. The van der Waals surface area contributed by atoms with Gasteiger partial charge in [0.1, 0.15) is 6.10 Å². The second-order valence-electron chi connectivity index (χ2n) is 3.58. The van der Waals surface area contributed by atoms with Crippen molar-refractivity contribution < 1.29 is 24.9 Å². The number of aliphatic hydroxyl groups excluding tert-OH is 2. The standard InChI is InChI=1S/C11H15NO5/c1-17-8-4-2-3-6(11(8)16)10(15)7(13)5-9(12)14/h2-4,7,10,13,15-16H,5H2,1H3,(H2,12,14). The Morgan fingerprint density at radius 1 is 1.47 bits per heavy atom. The number of para-hydroxylation sites is 1. The molecule has 1 amide bonds. The molecule has 17 heavy (non-hydrogen) atoms. The van der Waals surface area contributed by atoms with E-state index in [1.807, 2.05) is 0 Å². The third-order valence-electron chi connectivity index (χ3n) is 2.34. The Bertz CT molecular complexity index is 407. The summed E-state index contributed by atoms with van der Waals surface area (Å²) >= 11 is 0. The molecule has 0 saturated heterocycles. The zero-order valence-electron chi connectivity index (χ0n) is 9.33. The molecule has 0 heterocycles. The molecule has 0 spiro atoms. The summed E-state index contributed by atoms with van der Waals surface area (Å²) in [6.45, 7) is 0. The number of amides is 1. The van der Waals surface area contributed by atoms with Gasteiger partial charge in [0, 0.05) is 5.56 Å². The van der Waals surface area contributed by atoms with Crippen LogP contribution in [0.4, 0.5) is 0 Å². The number of hydrogen-bond donors (Lipinski definition) is 4. The van der Waals surface area contributed by atoms with Crippen molar-refractivity contribution in [1.82, 2.24) is 0 Å². The van der Waals surface area contributed by atoms with E-state index >= 15 is 0 Å². The first kappa shape index (κ1) is 13.3. The number of ether oxygens (including phenoxy) is 1. The largest absolute Gasteiger partial charge is 0.504 e. The van der Waals surface area contributed by atoms with E-state index in [2.05, 4.69) is 0 Å². The lowest BCUT2D eigenvalue weighted by Gasteiger charge is -2.18. The second-order valence-corrected chi connectivity index (χ2v) is 3.58. The number of phenols is 1. The molecule has 2 atom stereocenters. The summed E-state index contributed by atoms with van der Waals surface area (Å²) in [6.07, 6.45) is -3.17. The number of methoxy groups -OCH3 is 1. The molecule has 0 saturated carbocycles. The molecular formula is C11H15NO5. The van der Waals surface area contributed by atoms with E-state index in [9.17, 15) is 20.1 Å². The number of hydrogen-bond acceptors (Lipinski definition) is 5. The molecule has 0 aliphatic heterocycles. The van der Waals surface area contributed by atoms with Crippen molar-refractivity contribution in [3.8, 4) is 11.5 Å². The lowest BCUT2D eigenvalue weighted by atomic mass is 10.0. The molecule has 0 bridgehead atoms. The van der Waals surface area contributed by atoms with Crippen molar-refractivity contribution in [1.29, 1.82) is 0 Å². The van der Waals surface area contributed by atoms with Crippen LogP contribution in [0.15, 0.2) is 18.2 Å². The molecule has 0 aliphatic carbocycles. The number of phenolic OH excluding ortho intramolecular Hbond substituents is 1. The minimum absolute atomic E-state index is 0.0816. The Labute approximate surface area is 98.3 Å². The number of carbonyl (C=O) groups is 1. The number of aliphatic hydroxyl groups is 2. The average Bonchev–Trinajstić information content (AvgIpc) is 2.27. The van der Waals surface area contributed by atoms with Crippen LogP contribution in [0.1, 0.15) is 18.1 Å². The summed E-state index contributed by atoms with van der Waals surface area (Å²) in [5, 5.41) is 29.0. The third-order valence-corrected chi connectivity index (χ3v) is 2.34. The van der Waals surface area contributed by atoms with E-state index in [0.717, 1.165) is 0 Å². The van der Waals surface area contributed by atoms with Crippen LogP contribution in [0.2, 0.25) is 0 Å². The van der Waals surface area contributed by atoms with Gasteiger partial charge in [-0.25, -0.2) is 0 Å². The Morgan fingerprint density at radius 2 is 2.12 bits per heavy atom. The highest BCUT2D eigenvalue weighted by atomic mass is 16.5. The highest BCUT2D eigenvalue weighted by Gasteiger charge is 2.24. The highest BCUT2D eigenvalue weighted by Crippen LogP contribution is 2.34. The Hall–Kier alpha value is -1.79. The summed E-state index contributed by atoms with van der Waals surface area (Å²) in [4.78, 5) is 10.6. The van der Waals surface area contributed by atoms with Crippen molar-refractivity contribution in [2.24, 2.45) is 5.73 Å². The van der Waals surface area contributed by atoms with Gasteiger partial charge in [0.25, 0.3) is 0 Å². The normalized spacial score (nSPS) is 14.1. The van der Waals surface area contributed by atoms with E-state index in [-0.39, 0.29) is 17.1 Å². The molecular weight excluding hydrogens is 226 g/mol. The minimum Gasteiger partial charge on any atom is -0.504 e. The fourth-order valence-corrected chi connectivity index (χ4v) is 1.47. The highest BCUT2D eigenvalue weighted by molar-refractivity contribution is 5.74.